The van der Waals surface area contributed by atoms with Crippen molar-refractivity contribution < 1.29 is 18.3 Å². The topological polar surface area (TPSA) is 74.7 Å². The van der Waals surface area contributed by atoms with Gasteiger partial charge in [-0.05, 0) is 37.5 Å². The number of piperidine rings is 1. The summed E-state index contributed by atoms with van der Waals surface area (Å²) in [6.07, 6.45) is 2.33. The van der Waals surface area contributed by atoms with Gasteiger partial charge < -0.3 is 10.0 Å². The third-order valence-corrected chi connectivity index (χ3v) is 4.62. The molecule has 0 aliphatic carbocycles. The molecule has 1 aliphatic heterocycles. The summed E-state index contributed by atoms with van der Waals surface area (Å²) in [4.78, 5) is 14.1. The highest BCUT2D eigenvalue weighted by Crippen LogP contribution is 2.22. The van der Waals surface area contributed by atoms with E-state index in [1.807, 2.05) is 0 Å². The molecule has 0 aromatic heterocycles. The SMILES string of the molecule is CC1(O)CCN(C(=O)c2ccc(CS(C)(=O)=O)cc2)CC1. The van der Waals surface area contributed by atoms with Crippen LogP contribution >= 0.6 is 0 Å². The third-order valence-electron chi connectivity index (χ3n) is 3.76. The van der Waals surface area contributed by atoms with Crippen molar-refractivity contribution in [1.29, 1.82) is 0 Å². The van der Waals surface area contributed by atoms with Gasteiger partial charge in [0.1, 0.15) is 0 Å². The van der Waals surface area contributed by atoms with Crippen molar-refractivity contribution in [2.24, 2.45) is 0 Å². The lowest BCUT2D eigenvalue weighted by Crippen LogP contribution is -2.45. The summed E-state index contributed by atoms with van der Waals surface area (Å²) in [6.45, 7) is 2.86. The average molecular weight is 311 g/mol. The number of likely N-dealkylation sites (tertiary alicyclic amines) is 1. The lowest BCUT2D eigenvalue weighted by Gasteiger charge is -2.35. The summed E-state index contributed by atoms with van der Waals surface area (Å²) in [7, 11) is -3.07. The first-order valence-corrected chi connectivity index (χ1v) is 9.01. The van der Waals surface area contributed by atoms with Crippen molar-refractivity contribution in [1.82, 2.24) is 4.90 Å². The van der Waals surface area contributed by atoms with E-state index in [1.54, 1.807) is 36.1 Å². The van der Waals surface area contributed by atoms with Gasteiger partial charge in [0.2, 0.25) is 0 Å². The number of amides is 1. The Kier molecular flexibility index (Phi) is 4.39. The molecule has 1 heterocycles. The van der Waals surface area contributed by atoms with Crippen LogP contribution in [0.1, 0.15) is 35.7 Å². The van der Waals surface area contributed by atoms with Gasteiger partial charge in [-0.15, -0.1) is 0 Å². The van der Waals surface area contributed by atoms with Crippen molar-refractivity contribution in [2.75, 3.05) is 19.3 Å². The normalized spacial score (nSPS) is 18.5. The molecule has 6 heteroatoms. The molecule has 5 nitrogen and oxygen atoms in total. The second kappa shape index (κ2) is 5.77. The molecule has 0 bridgehead atoms. The number of benzene rings is 1. The lowest BCUT2D eigenvalue weighted by atomic mass is 9.93. The van der Waals surface area contributed by atoms with Crippen LogP contribution in [0.3, 0.4) is 0 Å². The molecule has 1 fully saturated rings. The first kappa shape index (κ1) is 16.0. The van der Waals surface area contributed by atoms with E-state index in [9.17, 15) is 18.3 Å². The highest BCUT2D eigenvalue weighted by atomic mass is 32.2. The molecule has 0 atom stereocenters. The van der Waals surface area contributed by atoms with E-state index in [2.05, 4.69) is 0 Å². The van der Waals surface area contributed by atoms with Gasteiger partial charge in [0.25, 0.3) is 5.91 Å². The standard InChI is InChI=1S/C15H21NO4S/c1-15(18)7-9-16(10-8-15)14(17)13-5-3-12(4-6-13)11-21(2,19)20/h3-6,18H,7-11H2,1-2H3. The van der Waals surface area contributed by atoms with Crippen LogP contribution in [-0.2, 0) is 15.6 Å². The van der Waals surface area contributed by atoms with Crippen LogP contribution in [0.4, 0.5) is 0 Å². The van der Waals surface area contributed by atoms with Crippen LogP contribution in [0.15, 0.2) is 24.3 Å². The van der Waals surface area contributed by atoms with Gasteiger partial charge in [0, 0.05) is 24.9 Å². The molecule has 0 unspecified atom stereocenters. The van der Waals surface area contributed by atoms with E-state index >= 15 is 0 Å². The van der Waals surface area contributed by atoms with Gasteiger partial charge in [-0.3, -0.25) is 4.79 Å². The van der Waals surface area contributed by atoms with E-state index in [1.165, 1.54) is 6.26 Å². The summed E-state index contributed by atoms with van der Waals surface area (Å²) in [6, 6.07) is 6.67. The minimum atomic E-state index is -3.07. The molecule has 1 aromatic rings. The number of sulfone groups is 1. The summed E-state index contributed by atoms with van der Waals surface area (Å²) in [5.74, 6) is -0.0926. The number of hydrogen-bond donors (Lipinski definition) is 1. The Morgan fingerprint density at radius 2 is 1.76 bits per heavy atom. The van der Waals surface area contributed by atoms with Crippen LogP contribution in [0.2, 0.25) is 0 Å². The van der Waals surface area contributed by atoms with E-state index in [0.717, 1.165) is 0 Å². The van der Waals surface area contributed by atoms with Gasteiger partial charge in [-0.1, -0.05) is 12.1 Å². The largest absolute Gasteiger partial charge is 0.390 e. The molecular weight excluding hydrogens is 290 g/mol. The molecule has 0 saturated carbocycles. The zero-order valence-corrected chi connectivity index (χ0v) is 13.2. The zero-order chi connectivity index (χ0) is 15.7. The third kappa shape index (κ3) is 4.54. The molecule has 1 saturated heterocycles. The summed E-state index contributed by atoms with van der Waals surface area (Å²) >= 11 is 0. The van der Waals surface area contributed by atoms with Crippen molar-refractivity contribution in [2.45, 2.75) is 31.1 Å². The van der Waals surface area contributed by atoms with Gasteiger partial charge in [0.05, 0.1) is 11.4 Å². The quantitative estimate of drug-likeness (QED) is 0.911. The number of hydrogen-bond acceptors (Lipinski definition) is 4. The fraction of sp³-hybridized carbons (Fsp3) is 0.533. The van der Waals surface area contributed by atoms with Gasteiger partial charge in [0.15, 0.2) is 9.84 Å². The lowest BCUT2D eigenvalue weighted by molar-refractivity contribution is -0.00202. The molecule has 116 valence electrons. The molecule has 0 spiro atoms. The molecule has 1 aromatic carbocycles. The van der Waals surface area contributed by atoms with Crippen molar-refractivity contribution in [3.05, 3.63) is 35.4 Å². The maximum atomic E-state index is 12.3. The average Bonchev–Trinajstić information content (AvgIpc) is 2.37. The second-order valence-corrected chi connectivity index (χ2v) is 8.20. The fourth-order valence-electron chi connectivity index (χ4n) is 2.42. The Morgan fingerprint density at radius 1 is 1.24 bits per heavy atom. The van der Waals surface area contributed by atoms with Crippen LogP contribution < -0.4 is 0 Å². The highest BCUT2D eigenvalue weighted by molar-refractivity contribution is 7.89. The van der Waals surface area contributed by atoms with Crippen LogP contribution in [0.25, 0.3) is 0 Å². The Balaban J connectivity index is 2.04. The predicted octanol–water partition coefficient (Wildman–Crippen LogP) is 1.22. The number of rotatable bonds is 3. The zero-order valence-electron chi connectivity index (χ0n) is 12.4. The molecule has 21 heavy (non-hydrogen) atoms. The van der Waals surface area contributed by atoms with Crippen LogP contribution in [0.5, 0.6) is 0 Å². The summed E-state index contributed by atoms with van der Waals surface area (Å²) < 4.78 is 22.5. The molecular formula is C15H21NO4S. The van der Waals surface area contributed by atoms with Crippen LogP contribution in [-0.4, -0.2) is 49.3 Å². The Bertz CT molecular complexity index is 610. The van der Waals surface area contributed by atoms with Gasteiger partial charge in [-0.2, -0.15) is 0 Å². The maximum absolute atomic E-state index is 12.3. The first-order chi connectivity index (χ1) is 9.66. The fourth-order valence-corrected chi connectivity index (χ4v) is 3.22. The minimum Gasteiger partial charge on any atom is -0.390 e. The maximum Gasteiger partial charge on any atom is 0.253 e. The highest BCUT2D eigenvalue weighted by Gasteiger charge is 2.29. The van der Waals surface area contributed by atoms with E-state index in [0.29, 0.717) is 37.1 Å². The Morgan fingerprint density at radius 3 is 2.24 bits per heavy atom. The molecule has 1 amide bonds. The number of carbonyl (C=O) groups excluding carboxylic acids is 1. The number of carbonyl (C=O) groups is 1. The monoisotopic (exact) mass is 311 g/mol. The first-order valence-electron chi connectivity index (χ1n) is 6.95. The van der Waals surface area contributed by atoms with Crippen LogP contribution in [0, 0.1) is 0 Å². The number of aliphatic hydroxyl groups is 1. The van der Waals surface area contributed by atoms with Crippen molar-refractivity contribution >= 4 is 15.7 Å². The molecule has 1 aliphatic rings. The summed E-state index contributed by atoms with van der Waals surface area (Å²) in [5, 5.41) is 9.89. The Labute approximate surface area is 125 Å². The van der Waals surface area contributed by atoms with E-state index < -0.39 is 15.4 Å². The summed E-state index contributed by atoms with van der Waals surface area (Å²) in [5.41, 5.74) is 0.542. The van der Waals surface area contributed by atoms with Crippen molar-refractivity contribution in [3.63, 3.8) is 0 Å². The second-order valence-electron chi connectivity index (χ2n) is 6.06. The van der Waals surface area contributed by atoms with Gasteiger partial charge in [-0.25, -0.2) is 8.42 Å². The minimum absolute atomic E-state index is 0.0198. The van der Waals surface area contributed by atoms with Crippen molar-refractivity contribution in [3.8, 4) is 0 Å². The Hall–Kier alpha value is -1.40. The van der Waals surface area contributed by atoms with E-state index in [4.69, 9.17) is 0 Å². The smallest absolute Gasteiger partial charge is 0.253 e. The molecule has 2 rings (SSSR count). The predicted molar refractivity (Wildman–Crippen MR) is 80.8 cm³/mol. The molecule has 1 N–H and O–H groups in total. The number of nitrogens with zero attached hydrogens (tertiary/aromatic N) is 1. The van der Waals surface area contributed by atoms with E-state index in [-0.39, 0.29) is 11.7 Å². The van der Waals surface area contributed by atoms with Gasteiger partial charge >= 0.3 is 0 Å². The molecule has 0 radical (unpaired) electrons.